The summed E-state index contributed by atoms with van der Waals surface area (Å²) in [6, 6.07) is 5.29. The van der Waals surface area contributed by atoms with Crippen LogP contribution in [0, 0.1) is 0 Å². The molecule has 8 nitrogen and oxygen atoms in total. The quantitative estimate of drug-likeness (QED) is 0.468. The molecule has 1 aromatic carbocycles. The van der Waals surface area contributed by atoms with E-state index in [4.69, 9.17) is 23.2 Å². The molecule has 0 fully saturated rings. The van der Waals surface area contributed by atoms with Gasteiger partial charge < -0.3 is 15.4 Å². The van der Waals surface area contributed by atoms with E-state index in [-0.39, 0.29) is 11.2 Å². The van der Waals surface area contributed by atoms with Crippen LogP contribution < -0.4 is 16.6 Å². The number of hydrogen-bond acceptors (Lipinski definition) is 5. The van der Waals surface area contributed by atoms with Gasteiger partial charge >= 0.3 is 5.69 Å². The van der Waals surface area contributed by atoms with Crippen LogP contribution in [0.1, 0.15) is 31.7 Å². The number of anilines is 1. The van der Waals surface area contributed by atoms with E-state index in [2.05, 4.69) is 15.3 Å². The fraction of sp³-hybridized carbons (Fsp3) is 0.421. The molecular formula is C19H23Cl2N5O3. The Labute approximate surface area is 177 Å². The van der Waals surface area contributed by atoms with E-state index in [1.54, 1.807) is 26.1 Å². The Hall–Kier alpha value is -2.29. The maximum Gasteiger partial charge on any atom is 0.332 e. The number of aliphatic hydroxyl groups is 1. The van der Waals surface area contributed by atoms with Crippen molar-refractivity contribution in [1.82, 2.24) is 19.1 Å². The third-order valence-electron chi connectivity index (χ3n) is 4.68. The molecule has 156 valence electrons. The Bertz CT molecular complexity index is 1130. The van der Waals surface area contributed by atoms with E-state index >= 15 is 0 Å². The molecule has 0 aliphatic rings. The lowest BCUT2D eigenvalue weighted by atomic mass is 10.2. The summed E-state index contributed by atoms with van der Waals surface area (Å²) < 4.78 is 2.55. The Morgan fingerprint density at radius 1 is 1.24 bits per heavy atom. The number of imidazole rings is 1. The summed E-state index contributed by atoms with van der Waals surface area (Å²) in [7, 11) is 1.58. The van der Waals surface area contributed by atoms with Crippen molar-refractivity contribution in [3.05, 3.63) is 54.6 Å². The molecule has 0 saturated carbocycles. The number of rotatable bonds is 8. The first-order valence-corrected chi connectivity index (χ1v) is 10.1. The summed E-state index contributed by atoms with van der Waals surface area (Å²) in [5.41, 5.74) is 0.623. The molecule has 10 heteroatoms. The van der Waals surface area contributed by atoms with E-state index in [1.165, 1.54) is 9.13 Å². The van der Waals surface area contributed by atoms with Crippen LogP contribution in [0.3, 0.4) is 0 Å². The SMILES string of the molecule is CC(O)CCCCn1c(=O)c2[nH]c(NCc3ccc(Cl)c(Cl)c3)nc2n(C)c1=O. The highest BCUT2D eigenvalue weighted by Crippen LogP contribution is 2.23. The standard InChI is InChI=1S/C19H23Cl2N5O3/c1-11(27)5-3-4-8-26-17(28)15-16(25(2)19(26)29)24-18(23-15)22-10-12-6-7-13(20)14(21)9-12/h6-7,9,11,27H,3-5,8,10H2,1-2H3,(H2,22,23,24). The monoisotopic (exact) mass is 439 g/mol. The first kappa shape index (κ1) is 21.4. The van der Waals surface area contributed by atoms with E-state index in [1.807, 2.05) is 6.07 Å². The highest BCUT2D eigenvalue weighted by atomic mass is 35.5. The summed E-state index contributed by atoms with van der Waals surface area (Å²) in [6.45, 7) is 2.42. The zero-order valence-electron chi connectivity index (χ0n) is 16.2. The average molecular weight is 440 g/mol. The smallest absolute Gasteiger partial charge is 0.332 e. The molecule has 1 atom stereocenters. The molecule has 2 heterocycles. The van der Waals surface area contributed by atoms with Gasteiger partial charge in [0.15, 0.2) is 11.2 Å². The molecule has 1 unspecified atom stereocenters. The van der Waals surface area contributed by atoms with Crippen molar-refractivity contribution in [2.45, 2.75) is 45.4 Å². The van der Waals surface area contributed by atoms with Gasteiger partial charge in [-0.1, -0.05) is 29.3 Å². The molecule has 3 N–H and O–H groups in total. The normalized spacial score (nSPS) is 12.4. The first-order valence-electron chi connectivity index (χ1n) is 9.33. The van der Waals surface area contributed by atoms with Gasteiger partial charge in [0, 0.05) is 20.1 Å². The molecule has 0 spiro atoms. The van der Waals surface area contributed by atoms with Gasteiger partial charge in [0.05, 0.1) is 16.1 Å². The number of aromatic amines is 1. The van der Waals surface area contributed by atoms with Crippen LogP contribution in [-0.2, 0) is 20.1 Å². The summed E-state index contributed by atoms with van der Waals surface area (Å²) >= 11 is 12.0. The molecule has 0 radical (unpaired) electrons. The Kier molecular flexibility index (Phi) is 6.66. The highest BCUT2D eigenvalue weighted by molar-refractivity contribution is 6.42. The Morgan fingerprint density at radius 2 is 2.00 bits per heavy atom. The Morgan fingerprint density at radius 3 is 2.69 bits per heavy atom. The van der Waals surface area contributed by atoms with Crippen LogP contribution in [0.2, 0.25) is 10.0 Å². The first-order chi connectivity index (χ1) is 13.8. The van der Waals surface area contributed by atoms with Gasteiger partial charge in [0.2, 0.25) is 5.95 Å². The number of halogens is 2. The van der Waals surface area contributed by atoms with Gasteiger partial charge in [-0.2, -0.15) is 4.98 Å². The summed E-state index contributed by atoms with van der Waals surface area (Å²) in [5, 5.41) is 13.4. The van der Waals surface area contributed by atoms with Crippen molar-refractivity contribution in [1.29, 1.82) is 0 Å². The number of aryl methyl sites for hydroxylation is 1. The van der Waals surface area contributed by atoms with E-state index in [0.717, 1.165) is 12.0 Å². The molecule has 0 bridgehead atoms. The number of aliphatic hydroxyl groups excluding tert-OH is 1. The van der Waals surface area contributed by atoms with Gasteiger partial charge in [-0.15, -0.1) is 0 Å². The molecular weight excluding hydrogens is 417 g/mol. The molecule has 0 aliphatic carbocycles. The Balaban J connectivity index is 1.82. The van der Waals surface area contributed by atoms with E-state index in [9.17, 15) is 14.7 Å². The van der Waals surface area contributed by atoms with Crippen LogP contribution in [0.4, 0.5) is 5.95 Å². The fourth-order valence-electron chi connectivity index (χ4n) is 3.08. The number of benzene rings is 1. The van der Waals surface area contributed by atoms with Gasteiger partial charge in [-0.3, -0.25) is 13.9 Å². The number of aromatic nitrogens is 4. The van der Waals surface area contributed by atoms with Crippen molar-refractivity contribution < 1.29 is 5.11 Å². The van der Waals surface area contributed by atoms with E-state index < -0.39 is 17.4 Å². The largest absolute Gasteiger partial charge is 0.393 e. The second-order valence-corrected chi connectivity index (χ2v) is 7.84. The summed E-state index contributed by atoms with van der Waals surface area (Å²) in [6.07, 6.45) is 1.59. The van der Waals surface area contributed by atoms with Crippen molar-refractivity contribution in [2.75, 3.05) is 5.32 Å². The number of unbranched alkanes of at least 4 members (excludes halogenated alkanes) is 1. The van der Waals surface area contributed by atoms with E-state index in [0.29, 0.717) is 41.9 Å². The van der Waals surface area contributed by atoms with Crippen LogP contribution in [0.25, 0.3) is 11.2 Å². The zero-order chi connectivity index (χ0) is 21.1. The lowest BCUT2D eigenvalue weighted by molar-refractivity contribution is 0.180. The molecule has 0 aliphatic heterocycles. The number of hydrogen-bond donors (Lipinski definition) is 3. The molecule has 3 aromatic rings. The number of nitrogens with one attached hydrogen (secondary N) is 2. The van der Waals surface area contributed by atoms with Crippen LogP contribution >= 0.6 is 23.2 Å². The predicted molar refractivity (Wildman–Crippen MR) is 115 cm³/mol. The lowest BCUT2D eigenvalue weighted by Crippen LogP contribution is -2.39. The second-order valence-electron chi connectivity index (χ2n) is 7.03. The van der Waals surface area contributed by atoms with Gasteiger partial charge in [0.1, 0.15) is 0 Å². The predicted octanol–water partition coefficient (Wildman–Crippen LogP) is 2.89. The van der Waals surface area contributed by atoms with Gasteiger partial charge in [0.25, 0.3) is 5.56 Å². The maximum absolute atomic E-state index is 12.8. The number of fused-ring (bicyclic) bond motifs is 1. The third kappa shape index (κ3) is 4.83. The third-order valence-corrected chi connectivity index (χ3v) is 5.42. The summed E-state index contributed by atoms with van der Waals surface area (Å²) in [5.74, 6) is 0.380. The summed E-state index contributed by atoms with van der Waals surface area (Å²) in [4.78, 5) is 32.6. The number of H-pyrrole nitrogens is 1. The van der Waals surface area contributed by atoms with Crippen LogP contribution in [-0.4, -0.2) is 30.3 Å². The minimum Gasteiger partial charge on any atom is -0.393 e. The molecule has 0 saturated heterocycles. The van der Waals surface area contributed by atoms with Gasteiger partial charge in [-0.05, 0) is 43.9 Å². The van der Waals surface area contributed by atoms with Crippen molar-refractivity contribution in [3.8, 4) is 0 Å². The zero-order valence-corrected chi connectivity index (χ0v) is 17.7. The fourth-order valence-corrected chi connectivity index (χ4v) is 3.40. The molecule has 29 heavy (non-hydrogen) atoms. The molecule has 3 rings (SSSR count). The van der Waals surface area contributed by atoms with Gasteiger partial charge in [-0.25, -0.2) is 4.79 Å². The topological polar surface area (TPSA) is 105 Å². The van der Waals surface area contributed by atoms with Crippen LogP contribution in [0.5, 0.6) is 0 Å². The minimum absolute atomic E-state index is 0.263. The van der Waals surface area contributed by atoms with Crippen LogP contribution in [0.15, 0.2) is 27.8 Å². The average Bonchev–Trinajstić information content (AvgIpc) is 3.11. The van der Waals surface area contributed by atoms with Crippen molar-refractivity contribution in [2.24, 2.45) is 7.05 Å². The van der Waals surface area contributed by atoms with Crippen molar-refractivity contribution >= 4 is 40.3 Å². The maximum atomic E-state index is 12.8. The lowest BCUT2D eigenvalue weighted by Gasteiger charge is -2.08. The number of nitrogens with zero attached hydrogens (tertiary/aromatic N) is 3. The highest BCUT2D eigenvalue weighted by Gasteiger charge is 2.15. The minimum atomic E-state index is -0.415. The molecule has 0 amide bonds. The molecule has 2 aromatic heterocycles. The second kappa shape index (κ2) is 9.02. The van der Waals surface area contributed by atoms with Crippen molar-refractivity contribution in [3.63, 3.8) is 0 Å².